The second-order valence-electron chi connectivity index (χ2n) is 4.19. The largest absolute Gasteiger partial charge is 0.494 e. The van der Waals surface area contributed by atoms with Gasteiger partial charge in [0.15, 0.2) is 11.6 Å². The Hall–Kier alpha value is -1.17. The standard InChI is InChI=1S/C13H20FNO3/c1-17-6-5-10(15)8-12(16)9-3-4-13(18-2)11(14)7-9/h3-4,7,10,12,16H,5-6,8,15H2,1-2H3. The molecule has 0 aliphatic heterocycles. The van der Waals surface area contributed by atoms with E-state index in [2.05, 4.69) is 0 Å². The van der Waals surface area contributed by atoms with E-state index in [1.807, 2.05) is 0 Å². The first-order chi connectivity index (χ1) is 8.58. The summed E-state index contributed by atoms with van der Waals surface area (Å²) in [5.41, 5.74) is 6.33. The molecule has 0 saturated carbocycles. The Morgan fingerprint density at radius 2 is 2.11 bits per heavy atom. The minimum absolute atomic E-state index is 0.162. The van der Waals surface area contributed by atoms with E-state index in [9.17, 15) is 9.50 Å². The lowest BCUT2D eigenvalue weighted by atomic mass is 10.0. The van der Waals surface area contributed by atoms with Gasteiger partial charge in [-0.25, -0.2) is 4.39 Å². The van der Waals surface area contributed by atoms with Crippen LogP contribution < -0.4 is 10.5 Å². The van der Waals surface area contributed by atoms with Gasteiger partial charge in [-0.2, -0.15) is 0 Å². The molecule has 4 nitrogen and oxygen atoms in total. The molecule has 0 heterocycles. The molecule has 0 radical (unpaired) electrons. The molecule has 0 aliphatic rings. The maximum absolute atomic E-state index is 13.5. The number of benzene rings is 1. The molecule has 2 unspecified atom stereocenters. The van der Waals surface area contributed by atoms with Crippen LogP contribution in [-0.2, 0) is 4.74 Å². The van der Waals surface area contributed by atoms with Crippen LogP contribution in [0.5, 0.6) is 5.75 Å². The number of rotatable bonds is 7. The average molecular weight is 257 g/mol. The molecule has 0 amide bonds. The smallest absolute Gasteiger partial charge is 0.165 e. The molecular formula is C13H20FNO3. The molecule has 2 atom stereocenters. The van der Waals surface area contributed by atoms with Crippen LogP contribution in [0.3, 0.4) is 0 Å². The summed E-state index contributed by atoms with van der Waals surface area (Å²) >= 11 is 0. The summed E-state index contributed by atoms with van der Waals surface area (Å²) in [6.45, 7) is 0.546. The van der Waals surface area contributed by atoms with Crippen molar-refractivity contribution in [2.45, 2.75) is 25.0 Å². The summed E-state index contributed by atoms with van der Waals surface area (Å²) in [6.07, 6.45) is 0.249. The van der Waals surface area contributed by atoms with E-state index in [0.717, 1.165) is 0 Å². The summed E-state index contributed by atoms with van der Waals surface area (Å²) in [6, 6.07) is 4.22. The molecule has 0 fully saturated rings. The molecule has 0 aliphatic carbocycles. The minimum atomic E-state index is -0.780. The zero-order valence-corrected chi connectivity index (χ0v) is 10.7. The van der Waals surface area contributed by atoms with Crippen LogP contribution in [0, 0.1) is 5.82 Å². The van der Waals surface area contributed by atoms with Gasteiger partial charge in [-0.05, 0) is 30.5 Å². The van der Waals surface area contributed by atoms with Gasteiger partial charge < -0.3 is 20.3 Å². The van der Waals surface area contributed by atoms with Crippen LogP contribution in [0.1, 0.15) is 24.5 Å². The van der Waals surface area contributed by atoms with E-state index in [1.54, 1.807) is 13.2 Å². The van der Waals surface area contributed by atoms with Crippen LogP contribution in [0.4, 0.5) is 4.39 Å². The van der Waals surface area contributed by atoms with Gasteiger partial charge in [0, 0.05) is 19.8 Å². The second kappa shape index (κ2) is 7.31. The fourth-order valence-electron chi connectivity index (χ4n) is 1.70. The number of hydrogen-bond acceptors (Lipinski definition) is 4. The van der Waals surface area contributed by atoms with Gasteiger partial charge in [0.05, 0.1) is 13.2 Å². The van der Waals surface area contributed by atoms with Gasteiger partial charge in [-0.1, -0.05) is 6.07 Å². The Morgan fingerprint density at radius 1 is 1.39 bits per heavy atom. The Kier molecular flexibility index (Phi) is 6.04. The van der Waals surface area contributed by atoms with E-state index >= 15 is 0 Å². The van der Waals surface area contributed by atoms with Crippen molar-refractivity contribution in [3.05, 3.63) is 29.6 Å². The molecular weight excluding hydrogens is 237 g/mol. The van der Waals surface area contributed by atoms with E-state index in [1.165, 1.54) is 19.2 Å². The molecule has 5 heteroatoms. The molecule has 0 saturated heterocycles. The van der Waals surface area contributed by atoms with Gasteiger partial charge in [-0.15, -0.1) is 0 Å². The summed E-state index contributed by atoms with van der Waals surface area (Å²) < 4.78 is 23.2. The predicted molar refractivity (Wildman–Crippen MR) is 67.0 cm³/mol. The predicted octanol–water partition coefficient (Wildman–Crippen LogP) is 1.62. The maximum atomic E-state index is 13.5. The van der Waals surface area contributed by atoms with Crippen LogP contribution in [-0.4, -0.2) is 32.0 Å². The lowest BCUT2D eigenvalue weighted by molar-refractivity contribution is 0.141. The van der Waals surface area contributed by atoms with Crippen molar-refractivity contribution in [2.24, 2.45) is 5.73 Å². The van der Waals surface area contributed by atoms with Crippen LogP contribution in [0.15, 0.2) is 18.2 Å². The van der Waals surface area contributed by atoms with E-state index < -0.39 is 11.9 Å². The van der Waals surface area contributed by atoms with E-state index in [-0.39, 0.29) is 11.8 Å². The van der Waals surface area contributed by atoms with Gasteiger partial charge in [0.25, 0.3) is 0 Å². The first-order valence-corrected chi connectivity index (χ1v) is 5.84. The second-order valence-corrected chi connectivity index (χ2v) is 4.19. The number of aliphatic hydroxyl groups excluding tert-OH is 1. The monoisotopic (exact) mass is 257 g/mol. The van der Waals surface area contributed by atoms with Gasteiger partial charge in [0.2, 0.25) is 0 Å². The van der Waals surface area contributed by atoms with Gasteiger partial charge >= 0.3 is 0 Å². The highest BCUT2D eigenvalue weighted by atomic mass is 19.1. The first kappa shape index (κ1) is 14.9. The molecule has 1 aromatic carbocycles. The number of nitrogens with two attached hydrogens (primary N) is 1. The number of methoxy groups -OCH3 is 2. The normalized spacial score (nSPS) is 14.3. The molecule has 18 heavy (non-hydrogen) atoms. The fraction of sp³-hybridized carbons (Fsp3) is 0.538. The highest BCUT2D eigenvalue weighted by molar-refractivity contribution is 5.30. The van der Waals surface area contributed by atoms with Gasteiger partial charge in [-0.3, -0.25) is 0 Å². The number of halogens is 1. The number of aliphatic hydroxyl groups is 1. The quantitative estimate of drug-likeness (QED) is 0.779. The third kappa shape index (κ3) is 4.25. The Morgan fingerprint density at radius 3 is 2.67 bits per heavy atom. The maximum Gasteiger partial charge on any atom is 0.165 e. The SMILES string of the molecule is COCCC(N)CC(O)c1ccc(OC)c(F)c1. The Bertz CT molecular complexity index is 373. The number of hydrogen-bond donors (Lipinski definition) is 2. The van der Waals surface area contributed by atoms with E-state index in [0.29, 0.717) is 25.0 Å². The lowest BCUT2D eigenvalue weighted by Crippen LogP contribution is -2.24. The Labute approximate surface area is 107 Å². The highest BCUT2D eigenvalue weighted by Crippen LogP contribution is 2.24. The minimum Gasteiger partial charge on any atom is -0.494 e. The molecule has 3 N–H and O–H groups in total. The molecule has 0 spiro atoms. The molecule has 0 aromatic heterocycles. The summed E-state index contributed by atoms with van der Waals surface area (Å²) in [4.78, 5) is 0. The average Bonchev–Trinajstić information content (AvgIpc) is 2.36. The van der Waals surface area contributed by atoms with Crippen LogP contribution >= 0.6 is 0 Å². The van der Waals surface area contributed by atoms with Crippen molar-refractivity contribution in [3.63, 3.8) is 0 Å². The third-order valence-electron chi connectivity index (χ3n) is 2.78. The third-order valence-corrected chi connectivity index (χ3v) is 2.78. The van der Waals surface area contributed by atoms with Crippen molar-refractivity contribution in [1.29, 1.82) is 0 Å². The summed E-state index contributed by atoms with van der Waals surface area (Å²) in [7, 11) is 3.00. The zero-order valence-electron chi connectivity index (χ0n) is 10.7. The first-order valence-electron chi connectivity index (χ1n) is 5.84. The molecule has 102 valence electrons. The van der Waals surface area contributed by atoms with Crippen LogP contribution in [0.25, 0.3) is 0 Å². The highest BCUT2D eigenvalue weighted by Gasteiger charge is 2.14. The van der Waals surface area contributed by atoms with Crippen molar-refractivity contribution in [1.82, 2.24) is 0 Å². The number of ether oxygens (including phenoxy) is 2. The topological polar surface area (TPSA) is 64.7 Å². The van der Waals surface area contributed by atoms with E-state index in [4.69, 9.17) is 15.2 Å². The zero-order chi connectivity index (χ0) is 13.5. The van der Waals surface area contributed by atoms with Crippen LogP contribution in [0.2, 0.25) is 0 Å². The Balaban J connectivity index is 2.61. The molecule has 1 rings (SSSR count). The van der Waals surface area contributed by atoms with Crippen molar-refractivity contribution in [3.8, 4) is 5.75 Å². The molecule has 0 bridgehead atoms. The van der Waals surface area contributed by atoms with Crippen molar-refractivity contribution in [2.75, 3.05) is 20.8 Å². The summed E-state index contributed by atoms with van der Waals surface area (Å²) in [5.74, 6) is -0.325. The van der Waals surface area contributed by atoms with Crippen molar-refractivity contribution < 1.29 is 19.0 Å². The fourth-order valence-corrected chi connectivity index (χ4v) is 1.70. The van der Waals surface area contributed by atoms with Crippen molar-refractivity contribution >= 4 is 0 Å². The summed E-state index contributed by atoms with van der Waals surface area (Å²) in [5, 5.41) is 9.95. The van der Waals surface area contributed by atoms with Gasteiger partial charge in [0.1, 0.15) is 0 Å². The lowest BCUT2D eigenvalue weighted by Gasteiger charge is -2.17. The molecule has 1 aromatic rings.